The number of pyridine rings is 1. The minimum Gasteiger partial charge on any atom is -0.386 e. The summed E-state index contributed by atoms with van der Waals surface area (Å²) in [6.45, 7) is 4.72. The maximum absolute atomic E-state index is 13.1. The second kappa shape index (κ2) is 6.48. The van der Waals surface area contributed by atoms with Gasteiger partial charge < -0.3 is 15.6 Å². The fraction of sp³-hybridized carbons (Fsp3) is 0.364. The van der Waals surface area contributed by atoms with Gasteiger partial charge in [0, 0.05) is 18.4 Å². The van der Waals surface area contributed by atoms with Crippen LogP contribution in [0.3, 0.4) is 0 Å². The van der Waals surface area contributed by atoms with Gasteiger partial charge >= 0.3 is 6.18 Å². The number of nitrogens with zero attached hydrogens (tertiary/aromatic N) is 3. The van der Waals surface area contributed by atoms with Gasteiger partial charge in [0.2, 0.25) is 0 Å². The number of aromatic amines is 1. The van der Waals surface area contributed by atoms with Crippen LogP contribution in [0.4, 0.5) is 18.9 Å². The number of hydrogen-bond acceptors (Lipinski definition) is 4. The molecular formula is C22H22F3N5. The lowest BCUT2D eigenvalue weighted by Crippen LogP contribution is -2.37. The zero-order valence-corrected chi connectivity index (χ0v) is 16.4. The van der Waals surface area contributed by atoms with Gasteiger partial charge in [0.15, 0.2) is 5.65 Å². The van der Waals surface area contributed by atoms with Gasteiger partial charge in [0.25, 0.3) is 0 Å². The second-order valence-electron chi connectivity index (χ2n) is 8.20. The first-order valence-electron chi connectivity index (χ1n) is 10.1. The van der Waals surface area contributed by atoms with Gasteiger partial charge in [-0.05, 0) is 48.9 Å². The van der Waals surface area contributed by atoms with Crippen LogP contribution in [0.25, 0.3) is 11.2 Å². The van der Waals surface area contributed by atoms with E-state index in [2.05, 4.69) is 39.7 Å². The van der Waals surface area contributed by atoms with Crippen molar-refractivity contribution in [3.63, 3.8) is 0 Å². The Morgan fingerprint density at radius 1 is 1.20 bits per heavy atom. The zero-order chi connectivity index (χ0) is 21.1. The molecule has 1 aromatic carbocycles. The highest BCUT2D eigenvalue weighted by Crippen LogP contribution is 2.49. The molecule has 0 radical (unpaired) electrons. The monoisotopic (exact) mass is 413 g/mol. The number of fused-ring (bicyclic) bond motifs is 2. The second-order valence-corrected chi connectivity index (χ2v) is 8.20. The van der Waals surface area contributed by atoms with Crippen LogP contribution in [0.2, 0.25) is 0 Å². The van der Waals surface area contributed by atoms with Crippen molar-refractivity contribution in [3.8, 4) is 0 Å². The summed E-state index contributed by atoms with van der Waals surface area (Å²) in [6, 6.07) is 7.44. The van der Waals surface area contributed by atoms with Crippen LogP contribution in [0.1, 0.15) is 48.2 Å². The Morgan fingerprint density at radius 3 is 2.67 bits per heavy atom. The van der Waals surface area contributed by atoms with Crippen molar-refractivity contribution in [2.24, 2.45) is 5.73 Å². The molecule has 2 aliphatic rings. The van der Waals surface area contributed by atoms with E-state index < -0.39 is 11.7 Å². The fourth-order valence-electron chi connectivity index (χ4n) is 4.67. The van der Waals surface area contributed by atoms with E-state index in [0.29, 0.717) is 22.8 Å². The minimum atomic E-state index is -4.43. The SMILES string of the molecule is C=C(N)N1CCCc2cc(C3(c4nc5ncc(C(F)(F)F)cc5[nH]4)CCC3)ccc21. The molecule has 3 N–H and O–H groups in total. The molecule has 156 valence electrons. The molecule has 0 amide bonds. The van der Waals surface area contributed by atoms with Crippen molar-refractivity contribution < 1.29 is 13.2 Å². The molecular weight excluding hydrogens is 391 g/mol. The highest BCUT2D eigenvalue weighted by Gasteiger charge is 2.44. The maximum atomic E-state index is 13.1. The van der Waals surface area contributed by atoms with Crippen LogP contribution in [0.15, 0.2) is 42.9 Å². The molecule has 5 nitrogen and oxygen atoms in total. The summed E-state index contributed by atoms with van der Waals surface area (Å²) in [5.74, 6) is 1.22. The number of rotatable bonds is 3. The third kappa shape index (κ3) is 2.85. The lowest BCUT2D eigenvalue weighted by atomic mass is 9.63. The largest absolute Gasteiger partial charge is 0.417 e. The van der Waals surface area contributed by atoms with E-state index in [-0.39, 0.29) is 5.41 Å². The Balaban J connectivity index is 1.57. The van der Waals surface area contributed by atoms with Crippen molar-refractivity contribution in [1.29, 1.82) is 0 Å². The first-order valence-corrected chi connectivity index (χ1v) is 10.1. The normalized spacial score (nSPS) is 18.2. The van der Waals surface area contributed by atoms with Crippen LogP contribution in [0.5, 0.6) is 0 Å². The third-order valence-corrected chi connectivity index (χ3v) is 6.42. The topological polar surface area (TPSA) is 70.8 Å². The molecule has 1 aliphatic carbocycles. The van der Waals surface area contributed by atoms with Gasteiger partial charge in [-0.25, -0.2) is 9.97 Å². The molecule has 1 aliphatic heterocycles. The van der Waals surface area contributed by atoms with E-state index in [4.69, 9.17) is 5.73 Å². The Hall–Kier alpha value is -3.03. The lowest BCUT2D eigenvalue weighted by Gasteiger charge is -2.41. The molecule has 0 saturated heterocycles. The number of anilines is 1. The number of nitrogens with one attached hydrogen (secondary N) is 1. The molecule has 1 saturated carbocycles. The summed E-state index contributed by atoms with van der Waals surface area (Å²) < 4.78 is 39.2. The number of aryl methyl sites for hydroxylation is 1. The number of halogens is 3. The molecule has 5 rings (SSSR count). The fourth-order valence-corrected chi connectivity index (χ4v) is 4.67. The quantitative estimate of drug-likeness (QED) is 0.657. The number of nitrogens with two attached hydrogens (primary N) is 1. The summed E-state index contributed by atoms with van der Waals surface area (Å²) in [6.07, 6.45) is 1.19. The van der Waals surface area contributed by atoms with Crippen LogP contribution in [-0.4, -0.2) is 21.5 Å². The zero-order valence-electron chi connectivity index (χ0n) is 16.4. The molecule has 0 bridgehead atoms. The number of alkyl halides is 3. The predicted molar refractivity (Wildman–Crippen MR) is 109 cm³/mol. The van der Waals surface area contributed by atoms with Crippen molar-refractivity contribution in [2.75, 3.05) is 11.4 Å². The van der Waals surface area contributed by atoms with Crippen LogP contribution < -0.4 is 10.6 Å². The van der Waals surface area contributed by atoms with E-state index in [1.807, 2.05) is 4.90 Å². The van der Waals surface area contributed by atoms with Gasteiger partial charge in [-0.15, -0.1) is 0 Å². The molecule has 3 aromatic rings. The van der Waals surface area contributed by atoms with Crippen LogP contribution >= 0.6 is 0 Å². The van der Waals surface area contributed by atoms with Crippen molar-refractivity contribution in [2.45, 2.75) is 43.7 Å². The summed E-state index contributed by atoms with van der Waals surface area (Å²) >= 11 is 0. The molecule has 0 unspecified atom stereocenters. The van der Waals surface area contributed by atoms with Crippen molar-refractivity contribution in [3.05, 3.63) is 65.4 Å². The van der Waals surface area contributed by atoms with Gasteiger partial charge in [-0.2, -0.15) is 13.2 Å². The summed E-state index contributed by atoms with van der Waals surface area (Å²) in [5, 5.41) is 0. The summed E-state index contributed by atoms with van der Waals surface area (Å²) in [4.78, 5) is 13.7. The highest BCUT2D eigenvalue weighted by molar-refractivity contribution is 5.72. The Kier molecular flexibility index (Phi) is 4.10. The first kappa shape index (κ1) is 19.0. The third-order valence-electron chi connectivity index (χ3n) is 6.42. The van der Waals surface area contributed by atoms with Gasteiger partial charge in [-0.3, -0.25) is 0 Å². The first-order chi connectivity index (χ1) is 14.3. The predicted octanol–water partition coefficient (Wildman–Crippen LogP) is 4.63. The molecule has 2 aromatic heterocycles. The number of benzene rings is 1. The lowest BCUT2D eigenvalue weighted by molar-refractivity contribution is -0.137. The van der Waals surface area contributed by atoms with E-state index in [9.17, 15) is 13.2 Å². The molecule has 8 heteroatoms. The van der Waals surface area contributed by atoms with Crippen LogP contribution in [-0.2, 0) is 18.0 Å². The van der Waals surface area contributed by atoms with Gasteiger partial charge in [0.1, 0.15) is 5.82 Å². The minimum absolute atomic E-state index is 0.313. The molecule has 30 heavy (non-hydrogen) atoms. The van der Waals surface area contributed by atoms with Crippen LogP contribution in [0, 0.1) is 0 Å². The van der Waals surface area contributed by atoms with E-state index in [1.54, 1.807) is 0 Å². The Bertz CT molecular complexity index is 1140. The Labute approximate surface area is 171 Å². The Morgan fingerprint density at radius 2 is 2.00 bits per heavy atom. The standard InChI is InChI=1S/C22H22F3N5/c1-13(26)30-9-2-4-14-10-15(5-6-18(14)30)21(7-3-8-21)20-28-17-11-16(22(23,24)25)12-27-19(17)29-20/h5-6,10-12H,1-4,7-9,26H2,(H,27,28,29). The smallest absolute Gasteiger partial charge is 0.386 e. The summed E-state index contributed by atoms with van der Waals surface area (Å²) in [7, 11) is 0. The van der Waals surface area contributed by atoms with Gasteiger partial charge in [-0.1, -0.05) is 25.1 Å². The maximum Gasteiger partial charge on any atom is 0.417 e. The average molecular weight is 413 g/mol. The number of imidazole rings is 1. The number of H-pyrrole nitrogens is 1. The van der Waals surface area contributed by atoms with Gasteiger partial charge in [0.05, 0.1) is 22.3 Å². The van der Waals surface area contributed by atoms with Crippen molar-refractivity contribution in [1.82, 2.24) is 15.0 Å². The van der Waals surface area contributed by atoms with E-state index in [0.717, 1.165) is 62.2 Å². The highest BCUT2D eigenvalue weighted by atomic mass is 19.4. The molecule has 0 atom stereocenters. The number of aromatic nitrogens is 3. The molecule has 3 heterocycles. The van der Waals surface area contributed by atoms with Crippen molar-refractivity contribution >= 4 is 16.9 Å². The summed E-state index contributed by atoms with van der Waals surface area (Å²) in [5.41, 5.74) is 8.90. The number of hydrogen-bond donors (Lipinski definition) is 2. The van der Waals surface area contributed by atoms with E-state index >= 15 is 0 Å². The molecule has 0 spiro atoms. The van der Waals surface area contributed by atoms with E-state index in [1.165, 1.54) is 5.56 Å². The molecule has 1 fully saturated rings. The average Bonchev–Trinajstić information content (AvgIpc) is 3.09.